The monoisotopic (exact) mass is 580 g/mol. The molecule has 222 valence electrons. The smallest absolute Gasteiger partial charge is 0.272 e. The molecule has 0 radical (unpaired) electrons. The van der Waals surface area contributed by atoms with E-state index in [1.807, 2.05) is 43.9 Å². The largest absolute Gasteiger partial charge is 0.485 e. The summed E-state index contributed by atoms with van der Waals surface area (Å²) in [5.41, 5.74) is 2.69. The third kappa shape index (κ3) is 7.26. The van der Waals surface area contributed by atoms with Crippen molar-refractivity contribution >= 4 is 45.8 Å². The second-order valence-corrected chi connectivity index (χ2v) is 9.51. The lowest BCUT2D eigenvalue weighted by atomic mass is 10.2. The van der Waals surface area contributed by atoms with E-state index in [2.05, 4.69) is 42.6 Å². The summed E-state index contributed by atoms with van der Waals surface area (Å²) in [5, 5.41) is 13.7. The van der Waals surface area contributed by atoms with E-state index in [0.29, 0.717) is 48.2 Å². The Kier molecular flexibility index (Phi) is 9.81. The topological polar surface area (TPSA) is 125 Å². The molecule has 3 N–H and O–H groups in total. The average molecular weight is 581 g/mol. The number of carbonyl (C=O) groups is 1. The maximum Gasteiger partial charge on any atom is 0.272 e. The van der Waals surface area contributed by atoms with Gasteiger partial charge in [-0.2, -0.15) is 4.98 Å². The van der Waals surface area contributed by atoms with E-state index in [1.54, 1.807) is 41.3 Å². The second-order valence-electron chi connectivity index (χ2n) is 9.51. The van der Waals surface area contributed by atoms with E-state index < -0.39 is 18.9 Å². The van der Waals surface area contributed by atoms with Crippen molar-refractivity contribution in [3.63, 3.8) is 0 Å². The van der Waals surface area contributed by atoms with E-state index in [1.165, 1.54) is 0 Å². The number of pyridine rings is 1. The number of nitrogens with zero attached hydrogens (tertiary/aromatic N) is 7. The number of hydrogen-bond donors (Lipinski definition) is 3. The molecule has 0 bridgehead atoms. The molecule has 14 heteroatoms. The fourth-order valence-electron chi connectivity index (χ4n) is 4.07. The molecule has 42 heavy (non-hydrogen) atoms. The van der Waals surface area contributed by atoms with Crippen LogP contribution in [0.2, 0.25) is 0 Å². The van der Waals surface area contributed by atoms with Gasteiger partial charge in [0.2, 0.25) is 11.9 Å². The number of hydrogen-bond acceptors (Lipinski definition) is 10. The molecule has 0 saturated heterocycles. The number of nitrogens with one attached hydrogen (secondary N) is 3. The Bertz CT molecular complexity index is 1540. The lowest BCUT2D eigenvalue weighted by Crippen LogP contribution is -2.29. The van der Waals surface area contributed by atoms with Crippen LogP contribution < -0.4 is 25.6 Å². The van der Waals surface area contributed by atoms with Crippen molar-refractivity contribution in [2.24, 2.45) is 0 Å². The van der Waals surface area contributed by atoms with Crippen LogP contribution in [0.3, 0.4) is 0 Å². The molecule has 3 heterocycles. The molecule has 0 unspecified atom stereocenters. The van der Waals surface area contributed by atoms with Crippen molar-refractivity contribution in [3.8, 4) is 11.6 Å². The molecular weight excluding hydrogens is 546 g/mol. The summed E-state index contributed by atoms with van der Waals surface area (Å²) in [7, 11) is 5.72. The molecule has 0 aliphatic carbocycles. The van der Waals surface area contributed by atoms with Crippen LogP contribution in [-0.4, -0.2) is 89.3 Å². The first-order valence-corrected chi connectivity index (χ1v) is 13.3. The third-order valence-electron chi connectivity index (χ3n) is 6.09. The Hall–Kier alpha value is -4.85. The van der Waals surface area contributed by atoms with Crippen molar-refractivity contribution in [3.05, 3.63) is 55.4 Å². The zero-order chi connectivity index (χ0) is 30.2. The highest BCUT2D eigenvalue weighted by Crippen LogP contribution is 2.38. The van der Waals surface area contributed by atoms with E-state index in [0.717, 1.165) is 11.6 Å². The molecule has 12 nitrogen and oxygen atoms in total. The number of benzene rings is 1. The molecule has 0 saturated carbocycles. The minimum Gasteiger partial charge on any atom is -0.485 e. The molecule has 0 aliphatic rings. The summed E-state index contributed by atoms with van der Waals surface area (Å²) in [6, 6.07) is 8.56. The Morgan fingerprint density at radius 2 is 1.95 bits per heavy atom. The molecule has 0 aliphatic heterocycles. The van der Waals surface area contributed by atoms with Crippen LogP contribution in [-0.2, 0) is 4.79 Å². The molecule has 0 fully saturated rings. The molecule has 1 amide bonds. The molecule has 0 atom stereocenters. The highest BCUT2D eigenvalue weighted by Gasteiger charge is 2.19. The van der Waals surface area contributed by atoms with Gasteiger partial charge < -0.3 is 30.5 Å². The standard InChI is InChI=1S/C28H34F2N10O2/c1-6-25(41)34-18-15-19(22(42-17-23(29)30)16-21(18)39(5)14-13-38(3)4)35-28-33-12-10-24(36-28)40-20-9-8-11-32-26(20)27(37-40)31-7-2/h6,8-12,15-16,23H,1,7,13-14,17H2,2-5H3,(H,31,37)(H,34,41)(H,33,35,36). The van der Waals surface area contributed by atoms with Gasteiger partial charge >= 0.3 is 0 Å². The van der Waals surface area contributed by atoms with Crippen molar-refractivity contribution in [2.75, 3.05) is 68.2 Å². The van der Waals surface area contributed by atoms with Gasteiger partial charge in [-0.25, -0.2) is 18.4 Å². The maximum absolute atomic E-state index is 13.2. The first-order chi connectivity index (χ1) is 20.2. The number of amides is 1. The maximum atomic E-state index is 13.2. The summed E-state index contributed by atoms with van der Waals surface area (Å²) < 4.78 is 33.5. The van der Waals surface area contributed by atoms with Crippen LogP contribution in [0.5, 0.6) is 5.75 Å². The fourth-order valence-corrected chi connectivity index (χ4v) is 4.07. The normalized spacial score (nSPS) is 11.1. The Labute approximate surface area is 242 Å². The number of ether oxygens (including phenoxy) is 1. The predicted molar refractivity (Wildman–Crippen MR) is 160 cm³/mol. The van der Waals surface area contributed by atoms with E-state index in [-0.39, 0.29) is 17.4 Å². The molecule has 0 spiro atoms. The van der Waals surface area contributed by atoms with E-state index >= 15 is 0 Å². The van der Waals surface area contributed by atoms with Crippen LogP contribution >= 0.6 is 0 Å². The molecule has 3 aromatic heterocycles. The lowest BCUT2D eigenvalue weighted by molar-refractivity contribution is -0.111. The van der Waals surface area contributed by atoms with Crippen LogP contribution in [0.25, 0.3) is 16.9 Å². The van der Waals surface area contributed by atoms with Crippen molar-refractivity contribution in [1.82, 2.24) is 29.6 Å². The Morgan fingerprint density at radius 1 is 1.14 bits per heavy atom. The van der Waals surface area contributed by atoms with Crippen LogP contribution in [0, 0.1) is 0 Å². The molecule has 1 aromatic carbocycles. The number of anilines is 5. The van der Waals surface area contributed by atoms with Gasteiger partial charge in [0.05, 0.1) is 22.6 Å². The number of alkyl halides is 2. The number of likely N-dealkylation sites (N-methyl/N-ethyl adjacent to an activating group) is 2. The van der Waals surface area contributed by atoms with E-state index in [9.17, 15) is 13.6 Å². The summed E-state index contributed by atoms with van der Waals surface area (Å²) in [5.74, 6) is 0.918. The van der Waals surface area contributed by atoms with Crippen LogP contribution in [0.4, 0.5) is 37.6 Å². The quantitative estimate of drug-likeness (QED) is 0.187. The zero-order valence-corrected chi connectivity index (χ0v) is 23.9. The van der Waals surface area contributed by atoms with Crippen LogP contribution in [0.15, 0.2) is 55.4 Å². The highest BCUT2D eigenvalue weighted by molar-refractivity contribution is 6.02. The van der Waals surface area contributed by atoms with Gasteiger partial charge in [-0.1, -0.05) is 6.58 Å². The Morgan fingerprint density at radius 3 is 2.67 bits per heavy atom. The third-order valence-corrected chi connectivity index (χ3v) is 6.09. The number of aromatic nitrogens is 5. The van der Waals surface area contributed by atoms with Crippen molar-refractivity contribution in [1.29, 1.82) is 0 Å². The van der Waals surface area contributed by atoms with Crippen LogP contribution in [0.1, 0.15) is 6.92 Å². The number of rotatable bonds is 14. The summed E-state index contributed by atoms with van der Waals surface area (Å²) in [6.45, 7) is 6.63. The molecule has 4 rings (SSSR count). The van der Waals surface area contributed by atoms with Crippen molar-refractivity contribution < 1.29 is 18.3 Å². The van der Waals surface area contributed by atoms with Gasteiger partial charge in [0.15, 0.2) is 11.6 Å². The SMILES string of the molecule is C=CC(=O)Nc1cc(Nc2nccc(-n3nc(NCC)c4ncccc43)n2)c(OCC(F)F)cc1N(C)CCN(C)C. The van der Waals surface area contributed by atoms with Gasteiger partial charge in [0.25, 0.3) is 6.43 Å². The summed E-state index contributed by atoms with van der Waals surface area (Å²) in [6.07, 6.45) is 1.69. The van der Waals surface area contributed by atoms with Gasteiger partial charge in [-0.3, -0.25) is 9.78 Å². The van der Waals surface area contributed by atoms with Gasteiger partial charge in [0.1, 0.15) is 17.9 Å². The average Bonchev–Trinajstić information content (AvgIpc) is 3.34. The second kappa shape index (κ2) is 13.7. The minimum absolute atomic E-state index is 0.135. The molecular formula is C28H34F2N10O2. The minimum atomic E-state index is -2.69. The highest BCUT2D eigenvalue weighted by atomic mass is 19.3. The lowest BCUT2D eigenvalue weighted by Gasteiger charge is -2.26. The zero-order valence-electron chi connectivity index (χ0n) is 23.9. The van der Waals surface area contributed by atoms with Crippen molar-refractivity contribution in [2.45, 2.75) is 13.3 Å². The number of fused-ring (bicyclic) bond motifs is 1. The first-order valence-electron chi connectivity index (χ1n) is 13.3. The Balaban J connectivity index is 1.75. The predicted octanol–water partition coefficient (Wildman–Crippen LogP) is 4.15. The summed E-state index contributed by atoms with van der Waals surface area (Å²) >= 11 is 0. The van der Waals surface area contributed by atoms with E-state index in [4.69, 9.17) is 4.74 Å². The van der Waals surface area contributed by atoms with Gasteiger partial charge in [0, 0.05) is 51.2 Å². The molecule has 4 aromatic rings. The summed E-state index contributed by atoms with van der Waals surface area (Å²) in [4.78, 5) is 29.6. The van der Waals surface area contributed by atoms with Gasteiger partial charge in [-0.15, -0.1) is 5.10 Å². The first kappa shape index (κ1) is 30.1. The number of carbonyl (C=O) groups excluding carboxylic acids is 1. The van der Waals surface area contributed by atoms with Gasteiger partial charge in [-0.05, 0) is 45.3 Å². The fraction of sp³-hybridized carbons (Fsp3) is 0.321. The number of halogens is 2.